The van der Waals surface area contributed by atoms with Crippen molar-refractivity contribution in [3.8, 4) is 0 Å². The molecule has 2 N–H and O–H groups in total. The highest BCUT2D eigenvalue weighted by Gasteiger charge is 2.14. The average molecular weight is 276 g/mol. The lowest BCUT2D eigenvalue weighted by molar-refractivity contribution is -0.118. The minimum Gasteiger partial charge on any atom is -0.355 e. The van der Waals surface area contributed by atoms with E-state index < -0.39 is 0 Å². The lowest BCUT2D eigenvalue weighted by Gasteiger charge is -2.13. The van der Waals surface area contributed by atoms with Crippen LogP contribution in [0, 0.1) is 0 Å². The Balaban J connectivity index is 2.49. The van der Waals surface area contributed by atoms with Crippen molar-refractivity contribution in [1.82, 2.24) is 10.6 Å². The van der Waals surface area contributed by atoms with Crippen molar-refractivity contribution in [2.45, 2.75) is 39.7 Å². The Kier molecular flexibility index (Phi) is 6.39. The average Bonchev–Trinajstić information content (AvgIpc) is 2.42. The van der Waals surface area contributed by atoms with E-state index in [0.29, 0.717) is 24.6 Å². The van der Waals surface area contributed by atoms with E-state index in [9.17, 15) is 9.59 Å². The van der Waals surface area contributed by atoms with Gasteiger partial charge < -0.3 is 10.6 Å². The van der Waals surface area contributed by atoms with Crippen LogP contribution in [0.5, 0.6) is 0 Å². The molecule has 0 bridgehead atoms. The van der Waals surface area contributed by atoms with Crippen LogP contribution < -0.4 is 10.6 Å². The van der Waals surface area contributed by atoms with Crippen LogP contribution in [0.15, 0.2) is 24.3 Å². The molecule has 1 aromatic rings. The van der Waals surface area contributed by atoms with Crippen LogP contribution in [0.3, 0.4) is 0 Å². The number of nitrogens with one attached hydrogen (secondary N) is 2. The van der Waals surface area contributed by atoms with Gasteiger partial charge in [0.25, 0.3) is 0 Å². The van der Waals surface area contributed by atoms with Crippen molar-refractivity contribution in [1.29, 1.82) is 0 Å². The van der Waals surface area contributed by atoms with Gasteiger partial charge in [-0.15, -0.1) is 0 Å². The summed E-state index contributed by atoms with van der Waals surface area (Å²) in [5.41, 5.74) is 1.95. The first-order valence-electron chi connectivity index (χ1n) is 7.03. The Morgan fingerprint density at radius 2 is 1.65 bits per heavy atom. The number of amides is 1. The third-order valence-electron chi connectivity index (χ3n) is 3.20. The molecule has 4 nitrogen and oxygen atoms in total. The molecule has 0 aromatic heterocycles. The fourth-order valence-corrected chi connectivity index (χ4v) is 1.90. The lowest BCUT2D eigenvalue weighted by atomic mass is 9.99. The van der Waals surface area contributed by atoms with Crippen molar-refractivity contribution in [2.24, 2.45) is 0 Å². The van der Waals surface area contributed by atoms with Crippen LogP contribution in [0.25, 0.3) is 0 Å². The summed E-state index contributed by atoms with van der Waals surface area (Å²) < 4.78 is 0. The van der Waals surface area contributed by atoms with Crippen molar-refractivity contribution >= 4 is 11.7 Å². The second kappa shape index (κ2) is 7.80. The SMILES string of the molecule is CC(=O)NCCNC(C)C(=O)c1ccc(C(C)C)cc1. The molecule has 110 valence electrons. The summed E-state index contributed by atoms with van der Waals surface area (Å²) in [6.45, 7) is 8.68. The predicted octanol–water partition coefficient (Wildman–Crippen LogP) is 2.11. The summed E-state index contributed by atoms with van der Waals surface area (Å²) in [5, 5.41) is 5.80. The quantitative estimate of drug-likeness (QED) is 0.592. The standard InChI is InChI=1S/C16H24N2O2/c1-11(2)14-5-7-15(8-6-14)16(20)12(3)17-9-10-18-13(4)19/h5-8,11-12,17H,9-10H2,1-4H3,(H,18,19). The molecular weight excluding hydrogens is 252 g/mol. The summed E-state index contributed by atoms with van der Waals surface area (Å²) in [6, 6.07) is 7.51. The maximum Gasteiger partial charge on any atom is 0.216 e. The van der Waals surface area contributed by atoms with Crippen LogP contribution in [-0.2, 0) is 4.79 Å². The Morgan fingerprint density at radius 3 is 2.15 bits per heavy atom. The normalized spacial score (nSPS) is 12.2. The molecule has 1 atom stereocenters. The van der Waals surface area contributed by atoms with Crippen LogP contribution in [0.2, 0.25) is 0 Å². The van der Waals surface area contributed by atoms with Gasteiger partial charge in [-0.25, -0.2) is 0 Å². The monoisotopic (exact) mass is 276 g/mol. The molecule has 20 heavy (non-hydrogen) atoms. The van der Waals surface area contributed by atoms with Crippen molar-refractivity contribution in [3.63, 3.8) is 0 Å². The molecule has 1 aromatic carbocycles. The van der Waals surface area contributed by atoms with Crippen LogP contribution >= 0.6 is 0 Å². The molecule has 1 rings (SSSR count). The maximum atomic E-state index is 12.2. The van der Waals surface area contributed by atoms with E-state index in [4.69, 9.17) is 0 Å². The van der Waals surface area contributed by atoms with Gasteiger partial charge in [0.1, 0.15) is 0 Å². The summed E-state index contributed by atoms with van der Waals surface area (Å²) >= 11 is 0. The second-order valence-corrected chi connectivity index (χ2v) is 5.30. The fraction of sp³-hybridized carbons (Fsp3) is 0.500. The van der Waals surface area contributed by atoms with Crippen molar-refractivity contribution < 1.29 is 9.59 Å². The molecular formula is C16H24N2O2. The molecule has 1 amide bonds. The van der Waals surface area contributed by atoms with E-state index in [-0.39, 0.29) is 17.7 Å². The zero-order valence-electron chi connectivity index (χ0n) is 12.7. The molecule has 0 heterocycles. The van der Waals surface area contributed by atoms with Crippen molar-refractivity contribution in [2.75, 3.05) is 13.1 Å². The summed E-state index contributed by atoms with van der Waals surface area (Å²) in [4.78, 5) is 22.9. The van der Waals surface area contributed by atoms with Gasteiger partial charge >= 0.3 is 0 Å². The van der Waals surface area contributed by atoms with Crippen LogP contribution in [0.1, 0.15) is 49.5 Å². The first kappa shape index (κ1) is 16.4. The van der Waals surface area contributed by atoms with E-state index in [2.05, 4.69) is 24.5 Å². The number of ketones is 1. The highest BCUT2D eigenvalue weighted by atomic mass is 16.1. The minimum atomic E-state index is -0.256. The number of carbonyl (C=O) groups is 2. The molecule has 0 aliphatic carbocycles. The molecule has 1 unspecified atom stereocenters. The smallest absolute Gasteiger partial charge is 0.216 e. The highest BCUT2D eigenvalue weighted by Crippen LogP contribution is 2.15. The molecule has 0 spiro atoms. The number of rotatable bonds is 7. The second-order valence-electron chi connectivity index (χ2n) is 5.30. The van der Waals surface area contributed by atoms with Gasteiger partial charge in [-0.2, -0.15) is 0 Å². The third kappa shape index (κ3) is 5.13. The Bertz CT molecular complexity index is 452. The zero-order valence-corrected chi connectivity index (χ0v) is 12.7. The number of carbonyl (C=O) groups excluding carboxylic acids is 2. The number of hydrogen-bond acceptors (Lipinski definition) is 3. The Labute approximate surface area is 121 Å². The van der Waals surface area contributed by atoms with E-state index in [1.807, 2.05) is 31.2 Å². The van der Waals surface area contributed by atoms with Gasteiger partial charge in [-0.1, -0.05) is 38.1 Å². The van der Waals surface area contributed by atoms with Crippen LogP contribution in [-0.4, -0.2) is 30.8 Å². The van der Waals surface area contributed by atoms with Crippen molar-refractivity contribution in [3.05, 3.63) is 35.4 Å². The zero-order chi connectivity index (χ0) is 15.1. The topological polar surface area (TPSA) is 58.2 Å². The third-order valence-corrected chi connectivity index (χ3v) is 3.20. The Hall–Kier alpha value is -1.68. The minimum absolute atomic E-state index is 0.0601. The van der Waals surface area contributed by atoms with Gasteiger partial charge in [0.2, 0.25) is 5.91 Å². The number of hydrogen-bond donors (Lipinski definition) is 2. The van der Waals surface area contributed by atoms with Gasteiger partial charge in [0.05, 0.1) is 6.04 Å². The molecule has 0 fully saturated rings. The molecule has 4 heteroatoms. The lowest BCUT2D eigenvalue weighted by Crippen LogP contribution is -2.39. The molecule has 0 saturated heterocycles. The van der Waals surface area contributed by atoms with Gasteiger partial charge in [0.15, 0.2) is 5.78 Å². The first-order chi connectivity index (χ1) is 9.41. The summed E-state index contributed by atoms with van der Waals surface area (Å²) in [6.07, 6.45) is 0. The maximum absolute atomic E-state index is 12.2. The van der Waals surface area contributed by atoms with Gasteiger partial charge in [0, 0.05) is 25.6 Å². The first-order valence-corrected chi connectivity index (χ1v) is 7.03. The highest BCUT2D eigenvalue weighted by molar-refractivity contribution is 5.99. The summed E-state index contributed by atoms with van der Waals surface area (Å²) in [5.74, 6) is 0.477. The number of Topliss-reactive ketones (excluding diaryl/α,β-unsaturated/α-hetero) is 1. The predicted molar refractivity (Wildman–Crippen MR) is 81.0 cm³/mol. The Morgan fingerprint density at radius 1 is 1.05 bits per heavy atom. The van der Waals surface area contributed by atoms with E-state index in [1.54, 1.807) is 0 Å². The summed E-state index contributed by atoms with van der Waals surface area (Å²) in [7, 11) is 0. The van der Waals surface area contributed by atoms with E-state index in [1.165, 1.54) is 12.5 Å². The molecule has 0 aliphatic rings. The van der Waals surface area contributed by atoms with Crippen LogP contribution in [0.4, 0.5) is 0 Å². The number of benzene rings is 1. The van der Waals surface area contributed by atoms with E-state index in [0.717, 1.165) is 0 Å². The molecule has 0 aliphatic heterocycles. The molecule has 0 radical (unpaired) electrons. The molecule has 0 saturated carbocycles. The van der Waals surface area contributed by atoms with E-state index >= 15 is 0 Å². The van der Waals surface area contributed by atoms with Gasteiger partial charge in [-0.3, -0.25) is 9.59 Å². The fourth-order valence-electron chi connectivity index (χ4n) is 1.90. The van der Waals surface area contributed by atoms with Gasteiger partial charge in [-0.05, 0) is 18.4 Å². The largest absolute Gasteiger partial charge is 0.355 e.